The lowest BCUT2D eigenvalue weighted by atomic mass is 10.3. The largest absolute Gasteiger partial charge is 0.298 e. The maximum atomic E-state index is 12.5. The molecule has 0 aliphatic carbocycles. The van der Waals surface area contributed by atoms with Crippen LogP contribution in [0, 0.1) is 0 Å². The fourth-order valence-corrected chi connectivity index (χ4v) is 3.55. The molecule has 0 unspecified atom stereocenters. The zero-order chi connectivity index (χ0) is 16.9. The Morgan fingerprint density at radius 2 is 1.92 bits per heavy atom. The molecule has 0 spiro atoms. The first-order chi connectivity index (χ1) is 11.6. The number of pyridine rings is 1. The van der Waals surface area contributed by atoms with Gasteiger partial charge in [0.1, 0.15) is 10.7 Å². The average Bonchev–Trinajstić information content (AvgIpc) is 3.05. The van der Waals surface area contributed by atoms with E-state index in [9.17, 15) is 9.59 Å². The van der Waals surface area contributed by atoms with Crippen molar-refractivity contribution in [2.45, 2.75) is 16.8 Å². The van der Waals surface area contributed by atoms with E-state index in [1.807, 2.05) is 30.3 Å². The second-order valence-corrected chi connectivity index (χ2v) is 6.74. The van der Waals surface area contributed by atoms with Crippen LogP contribution in [0.1, 0.15) is 27.8 Å². The Balaban J connectivity index is 1.80. The summed E-state index contributed by atoms with van der Waals surface area (Å²) in [6.45, 7) is 1.44. The molecule has 3 rings (SSSR count). The van der Waals surface area contributed by atoms with Gasteiger partial charge in [0.15, 0.2) is 10.9 Å². The quantitative estimate of drug-likeness (QED) is 0.696. The molecule has 0 saturated carbocycles. The van der Waals surface area contributed by atoms with Gasteiger partial charge in [-0.2, -0.15) is 0 Å². The van der Waals surface area contributed by atoms with Crippen molar-refractivity contribution in [3.8, 4) is 0 Å². The highest BCUT2D eigenvalue weighted by atomic mass is 32.2. The number of amides is 1. The molecule has 0 aliphatic rings. The van der Waals surface area contributed by atoms with E-state index in [-0.39, 0.29) is 11.7 Å². The first kappa shape index (κ1) is 16.4. The number of rotatable bonds is 5. The molecule has 1 aromatic carbocycles. The summed E-state index contributed by atoms with van der Waals surface area (Å²) in [7, 11) is 0. The van der Waals surface area contributed by atoms with Crippen molar-refractivity contribution in [2.75, 3.05) is 5.32 Å². The van der Waals surface area contributed by atoms with Gasteiger partial charge >= 0.3 is 0 Å². The zero-order valence-corrected chi connectivity index (χ0v) is 14.4. The normalized spacial score (nSPS) is 10.4. The summed E-state index contributed by atoms with van der Waals surface area (Å²) >= 11 is 2.64. The van der Waals surface area contributed by atoms with Gasteiger partial charge in [-0.15, -0.1) is 11.3 Å². The summed E-state index contributed by atoms with van der Waals surface area (Å²) in [5.74, 6) is -0.431. The van der Waals surface area contributed by atoms with E-state index in [0.717, 1.165) is 4.90 Å². The topological polar surface area (TPSA) is 72.0 Å². The van der Waals surface area contributed by atoms with E-state index in [2.05, 4.69) is 15.3 Å². The summed E-state index contributed by atoms with van der Waals surface area (Å²) in [5.41, 5.74) is 0.811. The van der Waals surface area contributed by atoms with Crippen LogP contribution in [-0.4, -0.2) is 21.7 Å². The Labute approximate surface area is 147 Å². The Hall–Kier alpha value is -2.51. The third kappa shape index (κ3) is 3.87. The lowest BCUT2D eigenvalue weighted by Crippen LogP contribution is -2.13. The van der Waals surface area contributed by atoms with Gasteiger partial charge in [0, 0.05) is 23.4 Å². The van der Waals surface area contributed by atoms with Crippen LogP contribution >= 0.6 is 23.1 Å². The number of anilines is 1. The minimum absolute atomic E-state index is 0.131. The Kier molecular flexibility index (Phi) is 5.02. The number of aromatic nitrogens is 2. The maximum Gasteiger partial charge on any atom is 0.260 e. The van der Waals surface area contributed by atoms with Crippen LogP contribution in [0.15, 0.2) is 64.0 Å². The Morgan fingerprint density at radius 1 is 1.12 bits per heavy atom. The summed E-state index contributed by atoms with van der Waals surface area (Å²) in [6, 6.07) is 13.2. The smallest absolute Gasteiger partial charge is 0.260 e. The molecule has 120 valence electrons. The first-order valence-electron chi connectivity index (χ1n) is 7.09. The van der Waals surface area contributed by atoms with E-state index < -0.39 is 0 Å². The first-order valence-corrected chi connectivity index (χ1v) is 8.79. The molecule has 5 nitrogen and oxygen atoms in total. The van der Waals surface area contributed by atoms with Gasteiger partial charge in [0.25, 0.3) is 5.91 Å². The molecular weight excluding hydrogens is 342 g/mol. The molecule has 2 aromatic heterocycles. The molecule has 0 saturated heterocycles. The zero-order valence-electron chi connectivity index (χ0n) is 12.7. The Morgan fingerprint density at radius 3 is 2.62 bits per heavy atom. The third-order valence-corrected chi connectivity index (χ3v) is 4.84. The highest BCUT2D eigenvalue weighted by Crippen LogP contribution is 2.29. The van der Waals surface area contributed by atoms with Crippen molar-refractivity contribution >= 4 is 39.9 Å². The number of thiazole rings is 1. The van der Waals surface area contributed by atoms with Gasteiger partial charge in [0.05, 0.1) is 5.56 Å². The summed E-state index contributed by atoms with van der Waals surface area (Å²) in [5, 5.41) is 5.36. The average molecular weight is 355 g/mol. The van der Waals surface area contributed by atoms with Crippen LogP contribution in [0.2, 0.25) is 0 Å². The number of benzene rings is 1. The lowest BCUT2D eigenvalue weighted by molar-refractivity contribution is 0.100. The molecule has 0 atom stereocenters. The summed E-state index contributed by atoms with van der Waals surface area (Å²) < 4.78 is 0. The van der Waals surface area contributed by atoms with Crippen molar-refractivity contribution < 1.29 is 9.59 Å². The third-order valence-electron chi connectivity index (χ3n) is 3.06. The van der Waals surface area contributed by atoms with Crippen LogP contribution in [-0.2, 0) is 0 Å². The summed E-state index contributed by atoms with van der Waals surface area (Å²) in [6.07, 6.45) is 1.65. The van der Waals surface area contributed by atoms with Crippen LogP contribution in [0.25, 0.3) is 0 Å². The van der Waals surface area contributed by atoms with Gasteiger partial charge in [0.2, 0.25) is 0 Å². The number of nitrogens with zero attached hydrogens (tertiary/aromatic N) is 2. The number of ketones is 1. The van der Waals surface area contributed by atoms with E-state index in [1.54, 1.807) is 23.7 Å². The lowest BCUT2D eigenvalue weighted by Gasteiger charge is -2.07. The van der Waals surface area contributed by atoms with Crippen LogP contribution in [0.4, 0.5) is 5.13 Å². The van der Waals surface area contributed by atoms with E-state index in [1.165, 1.54) is 30.0 Å². The summed E-state index contributed by atoms with van der Waals surface area (Å²) in [4.78, 5) is 33.2. The molecule has 0 aliphatic heterocycles. The molecule has 24 heavy (non-hydrogen) atoms. The number of hydrogen-bond donors (Lipinski definition) is 1. The highest BCUT2D eigenvalue weighted by molar-refractivity contribution is 7.99. The highest BCUT2D eigenvalue weighted by Gasteiger charge is 2.15. The molecule has 7 heteroatoms. The predicted molar refractivity (Wildman–Crippen MR) is 94.9 cm³/mol. The van der Waals surface area contributed by atoms with E-state index in [4.69, 9.17) is 0 Å². The van der Waals surface area contributed by atoms with Crippen LogP contribution < -0.4 is 5.32 Å². The molecular formula is C17H13N3O2S2. The second-order valence-electron chi connectivity index (χ2n) is 4.82. The standard InChI is InChI=1S/C17H13N3O2S2/c1-11(21)14-10-23-17(19-14)20-15(22)13-8-5-9-18-16(13)24-12-6-3-2-4-7-12/h2-10H,1H3,(H,19,20,22). The monoisotopic (exact) mass is 355 g/mol. The number of carbonyl (C=O) groups excluding carboxylic acids is 2. The minimum atomic E-state index is -0.300. The second kappa shape index (κ2) is 7.37. The molecule has 1 amide bonds. The van der Waals surface area contributed by atoms with Crippen LogP contribution in [0.3, 0.4) is 0 Å². The molecule has 0 radical (unpaired) electrons. The van der Waals surface area contributed by atoms with Crippen molar-refractivity contribution in [1.82, 2.24) is 9.97 Å². The van der Waals surface area contributed by atoms with Crippen molar-refractivity contribution in [1.29, 1.82) is 0 Å². The van der Waals surface area contributed by atoms with Gasteiger partial charge in [-0.05, 0) is 24.3 Å². The Bertz CT molecular complexity index is 878. The van der Waals surface area contributed by atoms with Gasteiger partial charge in [-0.1, -0.05) is 30.0 Å². The number of hydrogen-bond acceptors (Lipinski definition) is 6. The molecule has 0 bridgehead atoms. The predicted octanol–water partition coefficient (Wildman–Crippen LogP) is 4.14. The number of carbonyl (C=O) groups is 2. The fraction of sp³-hybridized carbons (Fsp3) is 0.0588. The minimum Gasteiger partial charge on any atom is -0.298 e. The van der Waals surface area contributed by atoms with Crippen molar-refractivity contribution in [3.63, 3.8) is 0 Å². The van der Waals surface area contributed by atoms with Crippen LogP contribution in [0.5, 0.6) is 0 Å². The molecule has 3 aromatic rings. The number of Topliss-reactive ketones (excluding diaryl/α,β-unsaturated/α-hetero) is 1. The van der Waals surface area contributed by atoms with E-state index in [0.29, 0.717) is 21.4 Å². The fourth-order valence-electron chi connectivity index (χ4n) is 1.90. The molecule has 1 N–H and O–H groups in total. The van der Waals surface area contributed by atoms with E-state index >= 15 is 0 Å². The van der Waals surface area contributed by atoms with Gasteiger partial charge in [-0.3, -0.25) is 14.9 Å². The van der Waals surface area contributed by atoms with Gasteiger partial charge in [-0.25, -0.2) is 9.97 Å². The molecule has 2 heterocycles. The van der Waals surface area contributed by atoms with Crippen molar-refractivity contribution in [3.05, 3.63) is 65.3 Å². The maximum absolute atomic E-state index is 12.5. The molecule has 0 fully saturated rings. The van der Waals surface area contributed by atoms with Crippen molar-refractivity contribution in [2.24, 2.45) is 0 Å². The van der Waals surface area contributed by atoms with Gasteiger partial charge < -0.3 is 0 Å². The SMILES string of the molecule is CC(=O)c1csc(NC(=O)c2cccnc2Sc2ccccc2)n1. The number of nitrogens with one attached hydrogen (secondary N) is 1.